The summed E-state index contributed by atoms with van der Waals surface area (Å²) in [6.07, 6.45) is 15.5. The van der Waals surface area contributed by atoms with Gasteiger partial charge in [0.2, 0.25) is 0 Å². The average molecular weight is 280 g/mol. The van der Waals surface area contributed by atoms with Crippen LogP contribution in [0, 0.1) is 0 Å². The predicted molar refractivity (Wildman–Crippen MR) is 87.1 cm³/mol. The van der Waals surface area contributed by atoms with Crippen molar-refractivity contribution in [2.24, 2.45) is 4.99 Å². The number of aliphatic hydroxyl groups is 1. The van der Waals surface area contributed by atoms with Crippen molar-refractivity contribution in [3.05, 3.63) is 12.2 Å². The van der Waals surface area contributed by atoms with Crippen molar-refractivity contribution >= 4 is 5.84 Å². The molecule has 0 amide bonds. The van der Waals surface area contributed by atoms with E-state index in [4.69, 9.17) is 0 Å². The zero-order valence-corrected chi connectivity index (χ0v) is 13.4. The highest BCUT2D eigenvalue weighted by Crippen LogP contribution is 2.12. The molecule has 0 bridgehead atoms. The first-order chi connectivity index (χ1) is 9.75. The SMILES string of the molecule is CCCCCCC/C=C/CCCC1=NCCN1C(C)O. The van der Waals surface area contributed by atoms with E-state index in [0.29, 0.717) is 0 Å². The second-order valence-electron chi connectivity index (χ2n) is 5.69. The summed E-state index contributed by atoms with van der Waals surface area (Å²) in [5.41, 5.74) is 0. The van der Waals surface area contributed by atoms with E-state index in [2.05, 4.69) is 24.1 Å². The molecule has 0 saturated heterocycles. The van der Waals surface area contributed by atoms with E-state index in [1.165, 1.54) is 38.5 Å². The lowest BCUT2D eigenvalue weighted by atomic mass is 10.1. The van der Waals surface area contributed by atoms with Gasteiger partial charge in [-0.3, -0.25) is 4.99 Å². The Labute approximate surface area is 124 Å². The molecule has 0 fully saturated rings. The van der Waals surface area contributed by atoms with Crippen LogP contribution in [0.3, 0.4) is 0 Å². The van der Waals surface area contributed by atoms with E-state index in [1.54, 1.807) is 0 Å². The molecule has 116 valence electrons. The molecule has 3 heteroatoms. The average Bonchev–Trinajstić information content (AvgIpc) is 2.89. The molecule has 1 heterocycles. The third-order valence-corrected chi connectivity index (χ3v) is 3.83. The zero-order chi connectivity index (χ0) is 14.6. The Hall–Kier alpha value is -0.830. The molecular formula is C17H32N2O. The highest BCUT2D eigenvalue weighted by molar-refractivity contribution is 5.83. The number of unbranched alkanes of at least 4 members (excludes halogenated alkanes) is 6. The molecule has 1 atom stereocenters. The third kappa shape index (κ3) is 7.09. The molecule has 0 radical (unpaired) electrons. The normalized spacial score (nSPS) is 16.9. The van der Waals surface area contributed by atoms with Crippen LogP contribution in [0.5, 0.6) is 0 Å². The number of hydrogen-bond acceptors (Lipinski definition) is 3. The highest BCUT2D eigenvalue weighted by atomic mass is 16.3. The lowest BCUT2D eigenvalue weighted by Crippen LogP contribution is -2.35. The summed E-state index contributed by atoms with van der Waals surface area (Å²) in [5, 5.41) is 9.62. The Kier molecular flexibility index (Phi) is 9.38. The molecule has 3 nitrogen and oxygen atoms in total. The van der Waals surface area contributed by atoms with Crippen LogP contribution in [0.2, 0.25) is 0 Å². The monoisotopic (exact) mass is 280 g/mol. The number of amidine groups is 1. The quantitative estimate of drug-likeness (QED) is 0.456. The molecule has 0 saturated carbocycles. The molecule has 0 aromatic rings. The van der Waals surface area contributed by atoms with Gasteiger partial charge >= 0.3 is 0 Å². The Morgan fingerprint density at radius 2 is 1.85 bits per heavy atom. The summed E-state index contributed by atoms with van der Waals surface area (Å²) in [6, 6.07) is 0. The van der Waals surface area contributed by atoms with Gasteiger partial charge in [0.05, 0.1) is 6.54 Å². The molecule has 1 aliphatic heterocycles. The number of aliphatic imine (C=N–C) groups is 1. The van der Waals surface area contributed by atoms with Gasteiger partial charge < -0.3 is 10.0 Å². The highest BCUT2D eigenvalue weighted by Gasteiger charge is 2.19. The van der Waals surface area contributed by atoms with E-state index in [0.717, 1.165) is 38.2 Å². The van der Waals surface area contributed by atoms with E-state index in [1.807, 2.05) is 11.8 Å². The van der Waals surface area contributed by atoms with E-state index in [9.17, 15) is 5.11 Å². The fourth-order valence-electron chi connectivity index (χ4n) is 2.61. The third-order valence-electron chi connectivity index (χ3n) is 3.83. The summed E-state index contributed by atoms with van der Waals surface area (Å²) < 4.78 is 0. The van der Waals surface area contributed by atoms with Crippen LogP contribution in [0.15, 0.2) is 17.1 Å². The molecule has 1 rings (SSSR count). The van der Waals surface area contributed by atoms with Gasteiger partial charge in [-0.15, -0.1) is 0 Å². The van der Waals surface area contributed by atoms with E-state index in [-0.39, 0.29) is 0 Å². The van der Waals surface area contributed by atoms with Gasteiger partial charge in [0.15, 0.2) is 0 Å². The van der Waals surface area contributed by atoms with Crippen molar-refractivity contribution in [2.45, 2.75) is 77.9 Å². The Balaban J connectivity index is 1.99. The van der Waals surface area contributed by atoms with Crippen molar-refractivity contribution in [3.63, 3.8) is 0 Å². The van der Waals surface area contributed by atoms with Gasteiger partial charge in [-0.1, -0.05) is 44.8 Å². The minimum absolute atomic E-state index is 0.394. The fourth-order valence-corrected chi connectivity index (χ4v) is 2.61. The van der Waals surface area contributed by atoms with Gasteiger partial charge in [-0.2, -0.15) is 0 Å². The van der Waals surface area contributed by atoms with Crippen LogP contribution in [-0.4, -0.2) is 35.2 Å². The first-order valence-corrected chi connectivity index (χ1v) is 8.38. The topological polar surface area (TPSA) is 35.8 Å². The summed E-state index contributed by atoms with van der Waals surface area (Å²) in [6.45, 7) is 5.79. The predicted octanol–water partition coefficient (Wildman–Crippen LogP) is 4.13. The largest absolute Gasteiger partial charge is 0.374 e. The van der Waals surface area contributed by atoms with Crippen molar-refractivity contribution in [1.82, 2.24) is 4.90 Å². The number of aliphatic hydroxyl groups excluding tert-OH is 1. The Morgan fingerprint density at radius 3 is 2.55 bits per heavy atom. The number of nitrogens with zero attached hydrogens (tertiary/aromatic N) is 2. The maximum absolute atomic E-state index is 9.62. The molecule has 1 N–H and O–H groups in total. The Bertz CT molecular complexity index is 297. The van der Waals surface area contributed by atoms with Gasteiger partial charge in [0, 0.05) is 13.0 Å². The zero-order valence-electron chi connectivity index (χ0n) is 13.4. The molecule has 0 spiro atoms. The first-order valence-electron chi connectivity index (χ1n) is 8.38. The molecule has 1 unspecified atom stereocenters. The second-order valence-corrected chi connectivity index (χ2v) is 5.69. The summed E-state index contributed by atoms with van der Waals surface area (Å²) >= 11 is 0. The van der Waals surface area contributed by atoms with Crippen LogP contribution in [0.1, 0.15) is 71.6 Å². The lowest BCUT2D eigenvalue weighted by Gasteiger charge is -2.23. The van der Waals surface area contributed by atoms with Crippen molar-refractivity contribution < 1.29 is 5.11 Å². The lowest BCUT2D eigenvalue weighted by molar-refractivity contribution is 0.0766. The van der Waals surface area contributed by atoms with Gasteiger partial charge in [0.25, 0.3) is 0 Å². The Morgan fingerprint density at radius 1 is 1.15 bits per heavy atom. The van der Waals surface area contributed by atoms with Gasteiger partial charge in [-0.05, 0) is 32.6 Å². The maximum atomic E-state index is 9.62. The van der Waals surface area contributed by atoms with Crippen LogP contribution >= 0.6 is 0 Å². The summed E-state index contributed by atoms with van der Waals surface area (Å²) in [4.78, 5) is 6.48. The number of hydrogen-bond donors (Lipinski definition) is 1. The molecular weight excluding hydrogens is 248 g/mol. The van der Waals surface area contributed by atoms with E-state index < -0.39 is 6.23 Å². The standard InChI is InChI=1S/C17H32N2O/c1-3-4-5-6-7-8-9-10-11-12-13-17-18-14-15-19(17)16(2)20/h9-10,16,20H,3-8,11-15H2,1-2H3/b10-9+. The molecule has 20 heavy (non-hydrogen) atoms. The second kappa shape index (κ2) is 10.9. The van der Waals surface area contributed by atoms with Crippen molar-refractivity contribution in [2.75, 3.05) is 13.1 Å². The van der Waals surface area contributed by atoms with Crippen molar-refractivity contribution in [3.8, 4) is 0 Å². The fraction of sp³-hybridized carbons (Fsp3) is 0.824. The van der Waals surface area contributed by atoms with Crippen LogP contribution < -0.4 is 0 Å². The van der Waals surface area contributed by atoms with Crippen molar-refractivity contribution in [1.29, 1.82) is 0 Å². The summed E-state index contributed by atoms with van der Waals surface area (Å²) in [5.74, 6) is 1.09. The molecule has 1 aliphatic rings. The molecule has 0 aromatic carbocycles. The van der Waals surface area contributed by atoms with Crippen LogP contribution in [0.4, 0.5) is 0 Å². The van der Waals surface area contributed by atoms with Crippen LogP contribution in [-0.2, 0) is 0 Å². The minimum atomic E-state index is -0.394. The maximum Gasteiger partial charge on any atom is 0.125 e. The van der Waals surface area contributed by atoms with E-state index >= 15 is 0 Å². The number of rotatable bonds is 11. The molecule has 0 aromatic heterocycles. The molecule has 0 aliphatic carbocycles. The van der Waals surface area contributed by atoms with Gasteiger partial charge in [-0.25, -0.2) is 0 Å². The minimum Gasteiger partial charge on any atom is -0.374 e. The first kappa shape index (κ1) is 17.2. The number of allylic oxidation sites excluding steroid dienone is 2. The van der Waals surface area contributed by atoms with Gasteiger partial charge in [0.1, 0.15) is 12.1 Å². The van der Waals surface area contributed by atoms with Crippen LogP contribution in [0.25, 0.3) is 0 Å². The smallest absolute Gasteiger partial charge is 0.125 e. The summed E-state index contributed by atoms with van der Waals surface area (Å²) in [7, 11) is 0.